The lowest BCUT2D eigenvalue weighted by Crippen LogP contribution is -2.12. The van der Waals surface area contributed by atoms with E-state index in [0.717, 1.165) is 27.8 Å². The molecule has 0 fully saturated rings. The van der Waals surface area contributed by atoms with Crippen molar-refractivity contribution in [2.24, 2.45) is 0 Å². The summed E-state index contributed by atoms with van der Waals surface area (Å²) < 4.78 is 1.89. The highest BCUT2D eigenvalue weighted by molar-refractivity contribution is 6.05. The Balaban J connectivity index is 1.49. The van der Waals surface area contributed by atoms with Crippen LogP contribution in [0.25, 0.3) is 27.8 Å². The number of anilines is 1. The van der Waals surface area contributed by atoms with Crippen molar-refractivity contribution in [1.82, 2.24) is 9.78 Å². The van der Waals surface area contributed by atoms with Gasteiger partial charge in [0, 0.05) is 16.5 Å². The second-order valence-electron chi connectivity index (χ2n) is 7.16. The van der Waals surface area contributed by atoms with Gasteiger partial charge in [0.05, 0.1) is 16.9 Å². The third-order valence-electron chi connectivity index (χ3n) is 5.16. The van der Waals surface area contributed by atoms with Crippen molar-refractivity contribution in [2.75, 3.05) is 5.32 Å². The Morgan fingerprint density at radius 1 is 0.774 bits per heavy atom. The van der Waals surface area contributed by atoms with Crippen LogP contribution in [0.3, 0.4) is 0 Å². The average molecular weight is 405 g/mol. The van der Waals surface area contributed by atoms with Crippen LogP contribution in [0.2, 0.25) is 0 Å². The van der Waals surface area contributed by atoms with Gasteiger partial charge in [0.15, 0.2) is 0 Å². The fraction of sp³-hybridized carbons (Fsp3) is 0. The van der Waals surface area contributed by atoms with Crippen molar-refractivity contribution < 1.29 is 9.90 Å². The van der Waals surface area contributed by atoms with Gasteiger partial charge in [-0.1, -0.05) is 60.7 Å². The normalized spacial score (nSPS) is 10.8. The summed E-state index contributed by atoms with van der Waals surface area (Å²) in [4.78, 5) is 12.6. The zero-order valence-corrected chi connectivity index (χ0v) is 16.6. The van der Waals surface area contributed by atoms with E-state index in [2.05, 4.69) is 11.4 Å². The summed E-state index contributed by atoms with van der Waals surface area (Å²) in [6.07, 6.45) is 0. The third-order valence-corrected chi connectivity index (χ3v) is 5.16. The molecule has 0 saturated heterocycles. The Kier molecular flexibility index (Phi) is 4.69. The molecule has 0 aliphatic heterocycles. The number of aromatic nitrogens is 2. The van der Waals surface area contributed by atoms with Crippen molar-refractivity contribution in [2.45, 2.75) is 0 Å². The maximum absolute atomic E-state index is 12.6. The first-order chi connectivity index (χ1) is 15.2. The number of phenols is 1. The molecule has 1 amide bonds. The highest BCUT2D eigenvalue weighted by Gasteiger charge is 2.14. The van der Waals surface area contributed by atoms with E-state index < -0.39 is 0 Å². The number of carbonyl (C=O) groups excluding carboxylic acids is 1. The van der Waals surface area contributed by atoms with E-state index in [-0.39, 0.29) is 11.7 Å². The van der Waals surface area contributed by atoms with E-state index in [1.807, 2.05) is 65.3 Å². The number of fused-ring (bicyclic) bond motifs is 1. The van der Waals surface area contributed by atoms with Crippen molar-refractivity contribution in [3.8, 4) is 22.7 Å². The van der Waals surface area contributed by atoms with Gasteiger partial charge in [0.1, 0.15) is 11.4 Å². The first-order valence-electron chi connectivity index (χ1n) is 9.94. The molecule has 0 bridgehead atoms. The van der Waals surface area contributed by atoms with Crippen LogP contribution < -0.4 is 5.32 Å². The van der Waals surface area contributed by atoms with Crippen LogP contribution >= 0.6 is 0 Å². The van der Waals surface area contributed by atoms with Crippen molar-refractivity contribution in [1.29, 1.82) is 0 Å². The predicted octanol–water partition coefficient (Wildman–Crippen LogP) is 5.65. The van der Waals surface area contributed by atoms with Crippen LogP contribution in [-0.2, 0) is 0 Å². The SMILES string of the molecule is O=C(Nc1ccccc1O)c1ccc(-n2nc(-c3ccccc3)c3ccccc32)cc1. The molecule has 5 rings (SSSR count). The number of phenolic OH excluding ortho intramolecular Hbond substituents is 1. The summed E-state index contributed by atoms with van der Waals surface area (Å²) >= 11 is 0. The fourth-order valence-corrected chi connectivity index (χ4v) is 3.60. The van der Waals surface area contributed by atoms with E-state index in [1.165, 1.54) is 6.07 Å². The molecule has 0 atom stereocenters. The Bertz CT molecular complexity index is 1370. The van der Waals surface area contributed by atoms with Gasteiger partial charge in [-0.25, -0.2) is 4.68 Å². The molecule has 0 spiro atoms. The molecular weight excluding hydrogens is 386 g/mol. The number of para-hydroxylation sites is 3. The van der Waals surface area contributed by atoms with Gasteiger partial charge in [0.2, 0.25) is 0 Å². The maximum Gasteiger partial charge on any atom is 0.255 e. The number of hydrogen-bond donors (Lipinski definition) is 2. The molecule has 1 aromatic heterocycles. The van der Waals surface area contributed by atoms with E-state index in [0.29, 0.717) is 11.3 Å². The Morgan fingerprint density at radius 2 is 1.45 bits per heavy atom. The van der Waals surface area contributed by atoms with Gasteiger partial charge in [-0.3, -0.25) is 4.79 Å². The first kappa shape index (κ1) is 18.6. The maximum atomic E-state index is 12.6. The monoisotopic (exact) mass is 405 g/mol. The smallest absolute Gasteiger partial charge is 0.255 e. The Hall–Kier alpha value is -4.38. The van der Waals surface area contributed by atoms with E-state index in [1.54, 1.807) is 30.3 Å². The van der Waals surface area contributed by atoms with Crippen LogP contribution in [0.5, 0.6) is 5.75 Å². The quantitative estimate of drug-likeness (QED) is 0.380. The zero-order chi connectivity index (χ0) is 21.2. The molecule has 0 unspecified atom stereocenters. The molecule has 1 heterocycles. The average Bonchev–Trinajstić information content (AvgIpc) is 3.21. The second-order valence-corrected chi connectivity index (χ2v) is 7.16. The molecule has 0 saturated carbocycles. The minimum Gasteiger partial charge on any atom is -0.506 e. The van der Waals surface area contributed by atoms with Gasteiger partial charge in [-0.15, -0.1) is 0 Å². The van der Waals surface area contributed by atoms with Crippen LogP contribution in [0.1, 0.15) is 10.4 Å². The third kappa shape index (κ3) is 3.53. The van der Waals surface area contributed by atoms with Gasteiger partial charge in [-0.2, -0.15) is 5.10 Å². The van der Waals surface area contributed by atoms with E-state index >= 15 is 0 Å². The van der Waals surface area contributed by atoms with Crippen LogP contribution in [-0.4, -0.2) is 20.8 Å². The summed E-state index contributed by atoms with van der Waals surface area (Å²) in [5.74, 6) is -0.257. The summed E-state index contributed by atoms with van der Waals surface area (Å²) in [7, 11) is 0. The summed E-state index contributed by atoms with van der Waals surface area (Å²) in [6.45, 7) is 0. The molecule has 5 nitrogen and oxygen atoms in total. The number of nitrogens with zero attached hydrogens (tertiary/aromatic N) is 2. The van der Waals surface area contributed by atoms with Crippen molar-refractivity contribution in [3.63, 3.8) is 0 Å². The lowest BCUT2D eigenvalue weighted by Gasteiger charge is -2.08. The topological polar surface area (TPSA) is 67.2 Å². The summed E-state index contributed by atoms with van der Waals surface area (Å²) in [6, 6.07) is 32.1. The van der Waals surface area contributed by atoms with Crippen molar-refractivity contribution in [3.05, 3.63) is 109 Å². The molecule has 0 aliphatic rings. The minimum atomic E-state index is -0.289. The molecule has 150 valence electrons. The van der Waals surface area contributed by atoms with Gasteiger partial charge >= 0.3 is 0 Å². The number of hydrogen-bond acceptors (Lipinski definition) is 3. The molecule has 5 heteroatoms. The van der Waals surface area contributed by atoms with Gasteiger partial charge in [-0.05, 0) is 42.5 Å². The van der Waals surface area contributed by atoms with Crippen molar-refractivity contribution >= 4 is 22.5 Å². The van der Waals surface area contributed by atoms with E-state index in [4.69, 9.17) is 5.10 Å². The highest BCUT2D eigenvalue weighted by atomic mass is 16.3. The number of nitrogens with one attached hydrogen (secondary N) is 1. The number of benzene rings is 4. The Morgan fingerprint density at radius 3 is 2.23 bits per heavy atom. The second kappa shape index (κ2) is 7.80. The first-order valence-corrected chi connectivity index (χ1v) is 9.94. The lowest BCUT2D eigenvalue weighted by atomic mass is 10.1. The van der Waals surface area contributed by atoms with Gasteiger partial charge in [0.25, 0.3) is 5.91 Å². The molecule has 31 heavy (non-hydrogen) atoms. The molecule has 0 aliphatic carbocycles. The molecule has 0 radical (unpaired) electrons. The van der Waals surface area contributed by atoms with Gasteiger partial charge < -0.3 is 10.4 Å². The number of carbonyl (C=O) groups is 1. The standard InChI is InChI=1S/C26H19N3O2/c30-24-13-7-5-11-22(24)27-26(31)19-14-16-20(17-15-19)29-23-12-6-4-10-21(23)25(28-29)18-8-2-1-3-9-18/h1-17,30H,(H,27,31). The number of amides is 1. The molecule has 2 N–H and O–H groups in total. The largest absolute Gasteiger partial charge is 0.506 e. The zero-order valence-electron chi connectivity index (χ0n) is 16.6. The molecule has 5 aromatic rings. The number of rotatable bonds is 4. The van der Waals surface area contributed by atoms with Crippen LogP contribution in [0.4, 0.5) is 5.69 Å². The number of aromatic hydroxyl groups is 1. The predicted molar refractivity (Wildman–Crippen MR) is 123 cm³/mol. The van der Waals surface area contributed by atoms with Crippen LogP contribution in [0, 0.1) is 0 Å². The fourth-order valence-electron chi connectivity index (χ4n) is 3.60. The highest BCUT2D eigenvalue weighted by Crippen LogP contribution is 2.30. The summed E-state index contributed by atoms with van der Waals surface area (Å²) in [5.41, 5.74) is 4.69. The molecule has 4 aromatic carbocycles. The minimum absolute atomic E-state index is 0.0314. The summed E-state index contributed by atoms with van der Waals surface area (Å²) in [5, 5.41) is 18.5. The Labute approximate surface area is 179 Å². The van der Waals surface area contributed by atoms with Crippen LogP contribution in [0.15, 0.2) is 103 Å². The van der Waals surface area contributed by atoms with E-state index in [9.17, 15) is 9.90 Å². The lowest BCUT2D eigenvalue weighted by molar-refractivity contribution is 0.102. The molecular formula is C26H19N3O2.